The van der Waals surface area contributed by atoms with E-state index in [2.05, 4.69) is 16.8 Å². The average molecular weight is 390 g/mol. The summed E-state index contributed by atoms with van der Waals surface area (Å²) in [5.74, 6) is 0.690. The molecule has 1 fully saturated rings. The van der Waals surface area contributed by atoms with Gasteiger partial charge in [-0.2, -0.15) is 0 Å². The minimum absolute atomic E-state index is 0.0237. The molecule has 1 aliphatic heterocycles. The molecular formula is C20H31N5O3. The topological polar surface area (TPSA) is 82.1 Å². The van der Waals surface area contributed by atoms with E-state index < -0.39 is 16.7 Å². The summed E-state index contributed by atoms with van der Waals surface area (Å²) in [6.07, 6.45) is 3.47. The molecule has 0 amide bonds. The largest absolute Gasteiger partial charge is 0.332 e. The lowest BCUT2D eigenvalue weighted by Crippen LogP contribution is -2.39. The number of hydrogen-bond acceptors (Lipinski definition) is 5. The van der Waals surface area contributed by atoms with E-state index in [1.807, 2.05) is 20.8 Å². The Morgan fingerprint density at radius 2 is 1.82 bits per heavy atom. The van der Waals surface area contributed by atoms with Crippen LogP contribution in [0.25, 0.3) is 11.2 Å². The van der Waals surface area contributed by atoms with Crippen LogP contribution in [0.4, 0.5) is 0 Å². The summed E-state index contributed by atoms with van der Waals surface area (Å²) in [6.45, 7) is 9.41. The standard InChI is InChI=1S/C20H31N5O3/c1-13-9-7-8-10-24(13)12-15-21-17-16(18(27)23(6)19(28)22(17)5)25(15)11-14(26)20(2,3)4/h13H,7-12H2,1-6H3. The number of aromatic nitrogens is 4. The number of likely N-dealkylation sites (tertiary alicyclic amines) is 1. The predicted octanol–water partition coefficient (Wildman–Crippen LogP) is 1.42. The Labute approximate surface area is 164 Å². The molecular weight excluding hydrogens is 358 g/mol. The number of carbonyl (C=O) groups excluding carboxylic acids is 1. The number of nitrogens with zero attached hydrogens (tertiary/aromatic N) is 5. The Morgan fingerprint density at radius 3 is 2.43 bits per heavy atom. The third-order valence-corrected chi connectivity index (χ3v) is 5.85. The van der Waals surface area contributed by atoms with E-state index in [9.17, 15) is 14.4 Å². The molecule has 0 aromatic carbocycles. The molecule has 8 nitrogen and oxygen atoms in total. The molecule has 0 aliphatic carbocycles. The SMILES string of the molecule is CC1CCCCN1Cc1nc2c(c(=O)n(C)c(=O)n2C)n1CC(=O)C(C)(C)C. The highest BCUT2D eigenvalue weighted by molar-refractivity contribution is 5.85. The van der Waals surface area contributed by atoms with E-state index in [-0.39, 0.29) is 12.3 Å². The van der Waals surface area contributed by atoms with Crippen molar-refractivity contribution in [1.29, 1.82) is 0 Å². The van der Waals surface area contributed by atoms with Crippen molar-refractivity contribution in [2.45, 2.75) is 66.1 Å². The lowest BCUT2D eigenvalue weighted by Gasteiger charge is -2.33. The molecule has 1 aliphatic rings. The summed E-state index contributed by atoms with van der Waals surface area (Å²) in [4.78, 5) is 45.0. The monoisotopic (exact) mass is 389 g/mol. The molecule has 0 bridgehead atoms. The van der Waals surface area contributed by atoms with Crippen molar-refractivity contribution in [2.24, 2.45) is 19.5 Å². The van der Waals surface area contributed by atoms with Crippen LogP contribution in [0, 0.1) is 5.41 Å². The second-order valence-corrected chi connectivity index (χ2v) is 8.98. The van der Waals surface area contributed by atoms with E-state index in [1.165, 1.54) is 18.0 Å². The van der Waals surface area contributed by atoms with E-state index in [4.69, 9.17) is 0 Å². The molecule has 0 spiro atoms. The molecule has 3 rings (SSSR count). The zero-order valence-corrected chi connectivity index (χ0v) is 17.8. The first-order valence-corrected chi connectivity index (χ1v) is 9.95. The van der Waals surface area contributed by atoms with Crippen LogP contribution in [0.15, 0.2) is 9.59 Å². The van der Waals surface area contributed by atoms with Crippen LogP contribution < -0.4 is 11.2 Å². The van der Waals surface area contributed by atoms with Gasteiger partial charge in [-0.25, -0.2) is 9.78 Å². The first-order chi connectivity index (χ1) is 13.0. The molecule has 0 N–H and O–H groups in total. The summed E-state index contributed by atoms with van der Waals surface area (Å²) >= 11 is 0. The lowest BCUT2D eigenvalue weighted by molar-refractivity contribution is -0.126. The zero-order chi connectivity index (χ0) is 20.8. The zero-order valence-electron chi connectivity index (χ0n) is 17.8. The quantitative estimate of drug-likeness (QED) is 0.790. The molecule has 0 saturated carbocycles. The highest BCUT2D eigenvalue weighted by Gasteiger charge is 2.28. The molecule has 28 heavy (non-hydrogen) atoms. The summed E-state index contributed by atoms with van der Waals surface area (Å²) in [6, 6.07) is 0.423. The minimum atomic E-state index is -0.530. The number of aryl methyl sites for hydroxylation is 1. The first-order valence-electron chi connectivity index (χ1n) is 9.95. The number of carbonyl (C=O) groups is 1. The maximum Gasteiger partial charge on any atom is 0.332 e. The second-order valence-electron chi connectivity index (χ2n) is 8.98. The van der Waals surface area contributed by atoms with Gasteiger partial charge in [-0.15, -0.1) is 0 Å². The van der Waals surface area contributed by atoms with Crippen molar-refractivity contribution in [1.82, 2.24) is 23.6 Å². The van der Waals surface area contributed by atoms with Gasteiger partial charge in [0.2, 0.25) is 0 Å². The predicted molar refractivity (Wildman–Crippen MR) is 108 cm³/mol. The fourth-order valence-electron chi connectivity index (χ4n) is 3.74. The number of hydrogen-bond donors (Lipinski definition) is 0. The van der Waals surface area contributed by atoms with Crippen molar-refractivity contribution in [3.8, 4) is 0 Å². The number of ketones is 1. The molecule has 8 heteroatoms. The minimum Gasteiger partial charge on any atom is -0.313 e. The molecule has 1 unspecified atom stereocenters. The van der Waals surface area contributed by atoms with Crippen molar-refractivity contribution >= 4 is 16.9 Å². The van der Waals surface area contributed by atoms with E-state index >= 15 is 0 Å². The van der Waals surface area contributed by atoms with Gasteiger partial charge in [-0.3, -0.25) is 23.6 Å². The Morgan fingerprint density at radius 1 is 1.14 bits per heavy atom. The Hall–Kier alpha value is -2.22. The molecule has 0 radical (unpaired) electrons. The van der Waals surface area contributed by atoms with Gasteiger partial charge in [0.15, 0.2) is 16.9 Å². The van der Waals surface area contributed by atoms with Gasteiger partial charge in [0.05, 0.1) is 13.1 Å². The Balaban J connectivity index is 2.18. The van der Waals surface area contributed by atoms with Crippen LogP contribution in [0.1, 0.15) is 52.8 Å². The second kappa shape index (κ2) is 7.31. The summed E-state index contributed by atoms with van der Waals surface area (Å²) in [5, 5.41) is 0. The van der Waals surface area contributed by atoms with Gasteiger partial charge in [-0.05, 0) is 26.3 Å². The Bertz CT molecular complexity index is 1020. The van der Waals surface area contributed by atoms with Crippen molar-refractivity contribution in [3.05, 3.63) is 26.7 Å². The van der Waals surface area contributed by atoms with Gasteiger partial charge >= 0.3 is 5.69 Å². The van der Waals surface area contributed by atoms with Crippen LogP contribution in [0.5, 0.6) is 0 Å². The molecule has 2 aromatic rings. The number of rotatable bonds is 4. The van der Waals surface area contributed by atoms with Crippen molar-refractivity contribution in [2.75, 3.05) is 6.54 Å². The first kappa shape index (κ1) is 20.5. The molecule has 1 atom stereocenters. The fraction of sp³-hybridized carbons (Fsp3) is 0.700. The van der Waals surface area contributed by atoms with Crippen molar-refractivity contribution in [3.63, 3.8) is 0 Å². The maximum absolute atomic E-state index is 12.9. The van der Waals surface area contributed by atoms with Crippen LogP contribution in [0.3, 0.4) is 0 Å². The van der Waals surface area contributed by atoms with Crippen LogP contribution in [-0.4, -0.2) is 42.0 Å². The van der Waals surface area contributed by atoms with E-state index in [0.717, 1.165) is 24.0 Å². The van der Waals surface area contributed by atoms with Gasteiger partial charge in [-0.1, -0.05) is 27.2 Å². The third kappa shape index (κ3) is 3.57. The molecule has 2 aromatic heterocycles. The van der Waals surface area contributed by atoms with E-state index in [1.54, 1.807) is 11.6 Å². The molecule has 154 valence electrons. The van der Waals surface area contributed by atoms with E-state index in [0.29, 0.717) is 29.6 Å². The highest BCUT2D eigenvalue weighted by atomic mass is 16.2. The lowest BCUT2D eigenvalue weighted by atomic mass is 9.91. The Kier molecular flexibility index (Phi) is 5.36. The van der Waals surface area contributed by atoms with Gasteiger partial charge < -0.3 is 4.57 Å². The fourth-order valence-corrected chi connectivity index (χ4v) is 3.74. The maximum atomic E-state index is 12.9. The molecule has 1 saturated heterocycles. The third-order valence-electron chi connectivity index (χ3n) is 5.85. The number of fused-ring (bicyclic) bond motifs is 1. The van der Waals surface area contributed by atoms with Gasteiger partial charge in [0, 0.05) is 25.6 Å². The summed E-state index contributed by atoms with van der Waals surface area (Å²) in [5.41, 5.74) is -0.693. The van der Waals surface area contributed by atoms with Crippen LogP contribution in [-0.2, 0) is 32.0 Å². The summed E-state index contributed by atoms with van der Waals surface area (Å²) < 4.78 is 4.19. The number of Topliss-reactive ketones (excluding diaryl/α,β-unsaturated/α-hetero) is 1. The number of piperidine rings is 1. The number of imidazole rings is 1. The normalized spacial score (nSPS) is 18.7. The van der Waals surface area contributed by atoms with Gasteiger partial charge in [0.25, 0.3) is 5.56 Å². The summed E-state index contributed by atoms with van der Waals surface area (Å²) in [7, 11) is 3.07. The van der Waals surface area contributed by atoms with Crippen LogP contribution >= 0.6 is 0 Å². The van der Waals surface area contributed by atoms with Gasteiger partial charge in [0.1, 0.15) is 5.82 Å². The average Bonchev–Trinajstić information content (AvgIpc) is 2.97. The van der Waals surface area contributed by atoms with Crippen LogP contribution in [0.2, 0.25) is 0 Å². The van der Waals surface area contributed by atoms with Crippen molar-refractivity contribution < 1.29 is 4.79 Å². The highest BCUT2D eigenvalue weighted by Crippen LogP contribution is 2.22. The smallest absolute Gasteiger partial charge is 0.313 e. The molecule has 3 heterocycles.